The van der Waals surface area contributed by atoms with E-state index in [9.17, 15) is 8.78 Å². The van der Waals surface area contributed by atoms with Crippen LogP contribution in [0.15, 0.2) is 24.3 Å². The normalized spacial score (nSPS) is 9.42. The number of ether oxygens (including phenoxy) is 1. The van der Waals surface area contributed by atoms with E-state index in [-0.39, 0.29) is 18.2 Å². The molecular formula is C7H5ClF2MgO. The van der Waals surface area contributed by atoms with Crippen LogP contribution >= 0.6 is 0 Å². The van der Waals surface area contributed by atoms with Crippen LogP contribution < -0.4 is 20.8 Å². The van der Waals surface area contributed by atoms with Gasteiger partial charge in [0.1, 0.15) is 0 Å². The number of alkyl halides is 2. The van der Waals surface area contributed by atoms with Gasteiger partial charge in [-0.25, -0.2) is 0 Å². The monoisotopic (exact) mass is 202 g/mol. The van der Waals surface area contributed by atoms with Crippen molar-refractivity contribution in [1.82, 2.24) is 0 Å². The maximum Gasteiger partial charge on any atom is -1.00 e. The Balaban J connectivity index is 0.00000121. The van der Waals surface area contributed by atoms with E-state index in [1.54, 1.807) is 33.8 Å². The number of benzene rings is 1. The minimum absolute atomic E-state index is 0. The molecule has 62 valence electrons. The molecule has 5 heteroatoms. The average molecular weight is 203 g/mol. The third-order valence-electron chi connectivity index (χ3n) is 1.12. The second-order valence-corrected chi connectivity index (χ2v) is 2.84. The van der Waals surface area contributed by atoms with E-state index in [1.165, 1.54) is 6.07 Å². The molecule has 0 amide bonds. The van der Waals surface area contributed by atoms with Gasteiger partial charge in [-0.1, -0.05) is 0 Å². The zero-order chi connectivity index (χ0) is 8.27. The van der Waals surface area contributed by atoms with Crippen molar-refractivity contribution < 1.29 is 25.9 Å². The molecule has 0 unspecified atom stereocenters. The molecule has 0 N–H and O–H groups in total. The Morgan fingerprint density at radius 3 is 2.50 bits per heavy atom. The molecular weight excluding hydrogens is 198 g/mol. The maximum atomic E-state index is 11.6. The van der Waals surface area contributed by atoms with Crippen molar-refractivity contribution in [3.05, 3.63) is 24.3 Å². The Bertz CT molecular complexity index is 245. The van der Waals surface area contributed by atoms with Gasteiger partial charge in [0.25, 0.3) is 0 Å². The van der Waals surface area contributed by atoms with Crippen LogP contribution in [-0.2, 0) is 0 Å². The van der Waals surface area contributed by atoms with E-state index in [1.807, 2.05) is 6.07 Å². The van der Waals surface area contributed by atoms with Crippen LogP contribution in [0, 0.1) is 0 Å². The molecule has 1 rings (SSSR count). The molecule has 0 fully saturated rings. The van der Waals surface area contributed by atoms with Crippen LogP contribution in [0.4, 0.5) is 8.78 Å². The summed E-state index contributed by atoms with van der Waals surface area (Å²) in [5.41, 5.74) is 0. The van der Waals surface area contributed by atoms with E-state index in [2.05, 4.69) is 4.74 Å². The molecule has 0 saturated heterocycles. The third kappa shape index (κ3) is 4.09. The third-order valence-corrected chi connectivity index (χ3v) is 1.56. The predicted octanol–water partition coefficient (Wildman–Crippen LogP) is -1.91. The van der Waals surface area contributed by atoms with Crippen LogP contribution in [0.2, 0.25) is 0 Å². The molecule has 12 heavy (non-hydrogen) atoms. The molecule has 1 aromatic carbocycles. The Morgan fingerprint density at radius 1 is 1.33 bits per heavy atom. The summed E-state index contributed by atoms with van der Waals surface area (Å²) in [6.07, 6.45) is 0. The smallest absolute Gasteiger partial charge is 1.00 e. The van der Waals surface area contributed by atoms with Crippen LogP contribution in [-0.4, -0.2) is 28.3 Å². The minimum Gasteiger partial charge on any atom is -1.00 e. The maximum absolute atomic E-state index is 11.6. The van der Waals surface area contributed by atoms with Gasteiger partial charge >= 0.3 is 75.5 Å². The van der Waals surface area contributed by atoms with Gasteiger partial charge in [-0.05, 0) is 0 Å². The number of hydrogen-bond donors (Lipinski definition) is 0. The zero-order valence-electron chi connectivity index (χ0n) is 6.14. The summed E-state index contributed by atoms with van der Waals surface area (Å²) in [6.45, 7) is -2.74. The number of halogens is 3. The van der Waals surface area contributed by atoms with Crippen molar-refractivity contribution in [3.63, 3.8) is 0 Å². The van der Waals surface area contributed by atoms with Crippen LogP contribution in [0.3, 0.4) is 0 Å². The molecule has 0 aliphatic carbocycles. The number of hydrogen-bond acceptors (Lipinski definition) is 1. The molecule has 1 aromatic rings. The van der Waals surface area contributed by atoms with E-state index in [0.717, 1.165) is 3.69 Å². The molecule has 0 bridgehead atoms. The summed E-state index contributed by atoms with van der Waals surface area (Å²) in [4.78, 5) is 0. The largest absolute Gasteiger partial charge is 1.00 e. The Kier molecular flexibility index (Phi) is 5.53. The molecule has 0 saturated carbocycles. The van der Waals surface area contributed by atoms with Crippen molar-refractivity contribution in [3.8, 4) is 5.75 Å². The van der Waals surface area contributed by atoms with Gasteiger partial charge in [0.15, 0.2) is 0 Å². The topological polar surface area (TPSA) is 9.23 Å². The van der Waals surface area contributed by atoms with Gasteiger partial charge in [-0.3, -0.25) is 0 Å². The van der Waals surface area contributed by atoms with E-state index in [0.29, 0.717) is 0 Å². The Hall–Kier alpha value is -0.0638. The van der Waals surface area contributed by atoms with Crippen molar-refractivity contribution in [1.29, 1.82) is 0 Å². The first-order chi connectivity index (χ1) is 5.18. The van der Waals surface area contributed by atoms with Crippen LogP contribution in [0.5, 0.6) is 5.75 Å². The summed E-state index contributed by atoms with van der Waals surface area (Å²) in [7, 11) is 0. The first-order valence-corrected chi connectivity index (χ1v) is 3.76. The quantitative estimate of drug-likeness (QED) is 0.509. The van der Waals surface area contributed by atoms with Gasteiger partial charge in [-0.2, -0.15) is 0 Å². The Morgan fingerprint density at radius 2 is 2.00 bits per heavy atom. The van der Waals surface area contributed by atoms with Gasteiger partial charge in [0.2, 0.25) is 0 Å². The summed E-state index contributed by atoms with van der Waals surface area (Å²) in [5, 5.41) is 0. The number of rotatable bonds is 2. The van der Waals surface area contributed by atoms with Crippen LogP contribution in [0.25, 0.3) is 0 Å². The fourth-order valence-corrected chi connectivity index (χ4v) is 1.06. The molecule has 0 aliphatic heterocycles. The van der Waals surface area contributed by atoms with Crippen LogP contribution in [0.1, 0.15) is 0 Å². The van der Waals surface area contributed by atoms with Gasteiger partial charge in [0.05, 0.1) is 0 Å². The Labute approximate surface area is 87.9 Å². The molecule has 0 heterocycles. The van der Waals surface area contributed by atoms with E-state index >= 15 is 0 Å². The van der Waals surface area contributed by atoms with E-state index in [4.69, 9.17) is 0 Å². The standard InChI is InChI=1S/C7H5F2O.ClH.Mg/c8-7(9)10-6-4-2-1-3-5-6;;/h1-2,4-5,7H;1H;/q;;+1/p-1. The van der Waals surface area contributed by atoms with Crippen molar-refractivity contribution >= 4 is 25.4 Å². The van der Waals surface area contributed by atoms with Gasteiger partial charge < -0.3 is 12.4 Å². The second kappa shape index (κ2) is 5.56. The first kappa shape index (κ1) is 11.9. The molecule has 0 aromatic heterocycles. The average Bonchev–Trinajstić information content (AvgIpc) is 1.85. The van der Waals surface area contributed by atoms with E-state index < -0.39 is 6.61 Å². The van der Waals surface area contributed by atoms with Gasteiger partial charge in [-0.15, -0.1) is 0 Å². The molecule has 0 spiro atoms. The van der Waals surface area contributed by atoms with Gasteiger partial charge in [0, 0.05) is 0 Å². The summed E-state index contributed by atoms with van der Waals surface area (Å²) in [5.74, 6) is 0.215. The first-order valence-electron chi connectivity index (χ1n) is 3.05. The fraction of sp³-hybridized carbons (Fsp3) is 0.143. The predicted molar refractivity (Wildman–Crippen MR) is 38.5 cm³/mol. The SMILES string of the molecule is FC(F)Oc1ccc[c]([Mg+])c1.[Cl-]. The molecule has 0 aliphatic rings. The molecule has 0 radical (unpaired) electrons. The summed E-state index contributed by atoms with van der Waals surface area (Å²) < 4.78 is 28.4. The minimum atomic E-state index is -2.74. The van der Waals surface area contributed by atoms with Crippen molar-refractivity contribution in [2.75, 3.05) is 0 Å². The summed E-state index contributed by atoms with van der Waals surface area (Å²) >= 11 is 1.62. The molecule has 1 nitrogen and oxygen atoms in total. The van der Waals surface area contributed by atoms with Crippen molar-refractivity contribution in [2.45, 2.75) is 6.61 Å². The fourth-order valence-electron chi connectivity index (χ4n) is 0.722. The molecule has 0 atom stereocenters. The zero-order valence-corrected chi connectivity index (χ0v) is 8.31. The summed E-state index contributed by atoms with van der Waals surface area (Å²) in [6, 6.07) is 6.59. The second-order valence-electron chi connectivity index (χ2n) is 2.03. The van der Waals surface area contributed by atoms with Crippen molar-refractivity contribution in [2.24, 2.45) is 0 Å².